The van der Waals surface area contributed by atoms with E-state index < -0.39 is 0 Å². The molecular formula is C13H10BrFOS2. The Labute approximate surface area is 122 Å². The first-order valence-corrected chi connectivity index (χ1v) is 7.93. The van der Waals surface area contributed by atoms with Gasteiger partial charge in [0, 0.05) is 20.7 Å². The molecule has 0 atom stereocenters. The van der Waals surface area contributed by atoms with Gasteiger partial charge in [0.2, 0.25) is 0 Å². The summed E-state index contributed by atoms with van der Waals surface area (Å²) in [5.74, 6) is 0.245. The van der Waals surface area contributed by atoms with Gasteiger partial charge in [0.05, 0.1) is 5.75 Å². The van der Waals surface area contributed by atoms with Crippen molar-refractivity contribution in [2.24, 2.45) is 0 Å². The highest BCUT2D eigenvalue weighted by molar-refractivity contribution is 9.10. The SMILES string of the molecule is O=C(CSc1cccc(F)c1)Cc1sccc1Br. The van der Waals surface area contributed by atoms with E-state index in [0.717, 1.165) is 14.2 Å². The van der Waals surface area contributed by atoms with E-state index in [-0.39, 0.29) is 11.6 Å². The summed E-state index contributed by atoms with van der Waals surface area (Å²) < 4.78 is 13.9. The number of halogens is 2. The van der Waals surface area contributed by atoms with Crippen LogP contribution in [0.4, 0.5) is 4.39 Å². The number of Topliss-reactive ketones (excluding diaryl/α,β-unsaturated/α-hetero) is 1. The molecule has 1 aromatic heterocycles. The smallest absolute Gasteiger partial charge is 0.148 e. The first kappa shape index (κ1) is 13.8. The van der Waals surface area contributed by atoms with E-state index >= 15 is 0 Å². The maximum absolute atomic E-state index is 12.9. The second-order valence-corrected chi connectivity index (χ2v) is 6.56. The minimum Gasteiger partial charge on any atom is -0.298 e. The standard InChI is InChI=1S/C13H10BrFOS2/c14-12-4-5-17-13(12)7-10(16)8-18-11-3-1-2-9(15)6-11/h1-6H,7-8H2. The molecule has 2 rings (SSSR count). The molecule has 18 heavy (non-hydrogen) atoms. The molecule has 0 amide bonds. The van der Waals surface area contributed by atoms with Gasteiger partial charge < -0.3 is 0 Å². The molecule has 0 aliphatic heterocycles. The molecule has 0 N–H and O–H groups in total. The number of benzene rings is 1. The highest BCUT2D eigenvalue weighted by Crippen LogP contribution is 2.24. The van der Waals surface area contributed by atoms with Crippen LogP contribution in [0.5, 0.6) is 0 Å². The Hall–Kier alpha value is -0.650. The number of rotatable bonds is 5. The molecule has 0 bridgehead atoms. The third kappa shape index (κ3) is 3.93. The predicted molar refractivity (Wildman–Crippen MR) is 77.9 cm³/mol. The van der Waals surface area contributed by atoms with Crippen LogP contribution in [-0.2, 0) is 11.2 Å². The van der Waals surface area contributed by atoms with Crippen molar-refractivity contribution in [1.82, 2.24) is 0 Å². The molecule has 1 aromatic carbocycles. The summed E-state index contributed by atoms with van der Waals surface area (Å²) in [6.07, 6.45) is 0.431. The minimum absolute atomic E-state index is 0.146. The normalized spacial score (nSPS) is 10.6. The monoisotopic (exact) mass is 344 g/mol. The Morgan fingerprint density at radius 2 is 2.22 bits per heavy atom. The van der Waals surface area contributed by atoms with E-state index in [1.165, 1.54) is 23.9 Å². The summed E-state index contributed by atoms with van der Waals surface area (Å²) in [5, 5.41) is 1.95. The minimum atomic E-state index is -0.270. The fourth-order valence-corrected chi connectivity index (χ4v) is 3.72. The molecule has 0 radical (unpaired) electrons. The molecule has 2 aromatic rings. The lowest BCUT2D eigenvalue weighted by Crippen LogP contribution is -2.04. The zero-order valence-electron chi connectivity index (χ0n) is 9.36. The Morgan fingerprint density at radius 1 is 1.39 bits per heavy atom. The fraction of sp³-hybridized carbons (Fsp3) is 0.154. The van der Waals surface area contributed by atoms with Gasteiger partial charge in [-0.2, -0.15) is 0 Å². The van der Waals surface area contributed by atoms with Gasteiger partial charge in [0.25, 0.3) is 0 Å². The predicted octanol–water partition coefficient (Wildman–Crippen LogP) is 4.55. The van der Waals surface area contributed by atoms with E-state index in [1.807, 2.05) is 17.5 Å². The van der Waals surface area contributed by atoms with Gasteiger partial charge in [-0.05, 0) is 45.6 Å². The molecule has 0 unspecified atom stereocenters. The summed E-state index contributed by atoms with van der Waals surface area (Å²) in [6, 6.07) is 8.24. The van der Waals surface area contributed by atoms with E-state index in [4.69, 9.17) is 0 Å². The highest BCUT2D eigenvalue weighted by atomic mass is 79.9. The van der Waals surface area contributed by atoms with E-state index in [9.17, 15) is 9.18 Å². The van der Waals surface area contributed by atoms with Crippen LogP contribution in [-0.4, -0.2) is 11.5 Å². The molecule has 0 saturated heterocycles. The average Bonchev–Trinajstić information content (AvgIpc) is 2.73. The molecule has 0 aliphatic carbocycles. The highest BCUT2D eigenvalue weighted by Gasteiger charge is 2.09. The molecule has 1 heterocycles. The Bertz CT molecular complexity index is 553. The third-order valence-corrected chi connectivity index (χ3v) is 5.22. The average molecular weight is 345 g/mol. The summed E-state index contributed by atoms with van der Waals surface area (Å²) in [5.41, 5.74) is 0. The lowest BCUT2D eigenvalue weighted by atomic mass is 10.3. The van der Waals surface area contributed by atoms with Gasteiger partial charge in [-0.15, -0.1) is 23.1 Å². The van der Waals surface area contributed by atoms with Crippen molar-refractivity contribution in [3.05, 3.63) is 50.9 Å². The van der Waals surface area contributed by atoms with Crippen molar-refractivity contribution in [3.8, 4) is 0 Å². The van der Waals surface area contributed by atoms with Crippen LogP contribution in [0.25, 0.3) is 0 Å². The Morgan fingerprint density at radius 3 is 2.89 bits per heavy atom. The molecule has 5 heteroatoms. The van der Waals surface area contributed by atoms with Crippen molar-refractivity contribution in [3.63, 3.8) is 0 Å². The van der Waals surface area contributed by atoms with Crippen molar-refractivity contribution < 1.29 is 9.18 Å². The van der Waals surface area contributed by atoms with Crippen molar-refractivity contribution in [1.29, 1.82) is 0 Å². The number of thiophene rings is 1. The fourth-order valence-electron chi connectivity index (χ4n) is 1.40. The quantitative estimate of drug-likeness (QED) is 0.740. The summed E-state index contributed by atoms with van der Waals surface area (Å²) in [6.45, 7) is 0. The molecule has 0 spiro atoms. The van der Waals surface area contributed by atoms with Gasteiger partial charge in [-0.1, -0.05) is 6.07 Å². The first-order chi connectivity index (χ1) is 8.65. The van der Waals surface area contributed by atoms with E-state index in [0.29, 0.717) is 12.2 Å². The number of thioether (sulfide) groups is 1. The lowest BCUT2D eigenvalue weighted by Gasteiger charge is -2.01. The van der Waals surface area contributed by atoms with Crippen molar-refractivity contribution in [2.45, 2.75) is 11.3 Å². The van der Waals surface area contributed by atoms with Gasteiger partial charge in [0.1, 0.15) is 11.6 Å². The topological polar surface area (TPSA) is 17.1 Å². The van der Waals surface area contributed by atoms with E-state index in [2.05, 4.69) is 15.9 Å². The van der Waals surface area contributed by atoms with Gasteiger partial charge in [0.15, 0.2) is 0 Å². The van der Waals surface area contributed by atoms with Crippen LogP contribution in [0, 0.1) is 5.82 Å². The van der Waals surface area contributed by atoms with Crippen molar-refractivity contribution >= 4 is 44.8 Å². The summed E-state index contributed by atoms with van der Waals surface area (Å²) >= 11 is 6.34. The Kier molecular flexibility index (Phi) is 4.97. The zero-order chi connectivity index (χ0) is 13.0. The number of ketones is 1. The first-order valence-electron chi connectivity index (χ1n) is 5.27. The van der Waals surface area contributed by atoms with E-state index in [1.54, 1.807) is 17.4 Å². The van der Waals surface area contributed by atoms with Crippen molar-refractivity contribution in [2.75, 3.05) is 5.75 Å². The van der Waals surface area contributed by atoms with Gasteiger partial charge in [-0.3, -0.25) is 4.79 Å². The van der Waals surface area contributed by atoms with Crippen LogP contribution in [0.1, 0.15) is 4.88 Å². The third-order valence-electron chi connectivity index (χ3n) is 2.24. The summed E-state index contributed by atoms with van der Waals surface area (Å²) in [7, 11) is 0. The molecule has 1 nitrogen and oxygen atoms in total. The summed E-state index contributed by atoms with van der Waals surface area (Å²) in [4.78, 5) is 13.6. The number of hydrogen-bond acceptors (Lipinski definition) is 3. The second-order valence-electron chi connectivity index (χ2n) is 3.65. The Balaban J connectivity index is 1.87. The van der Waals surface area contributed by atoms with Crippen LogP contribution in [0.2, 0.25) is 0 Å². The second kappa shape index (κ2) is 6.50. The molecular weight excluding hydrogens is 335 g/mol. The number of carbonyl (C=O) groups excluding carboxylic acids is 1. The van der Waals surface area contributed by atoms with Crippen LogP contribution < -0.4 is 0 Å². The van der Waals surface area contributed by atoms with Gasteiger partial charge >= 0.3 is 0 Å². The van der Waals surface area contributed by atoms with Crippen LogP contribution in [0.3, 0.4) is 0 Å². The molecule has 0 fully saturated rings. The lowest BCUT2D eigenvalue weighted by molar-refractivity contribution is -0.115. The van der Waals surface area contributed by atoms with Crippen LogP contribution in [0.15, 0.2) is 45.1 Å². The number of hydrogen-bond donors (Lipinski definition) is 0. The zero-order valence-corrected chi connectivity index (χ0v) is 12.6. The molecule has 0 aliphatic rings. The maximum Gasteiger partial charge on any atom is 0.148 e. The number of carbonyl (C=O) groups is 1. The molecule has 0 saturated carbocycles. The van der Waals surface area contributed by atoms with Gasteiger partial charge in [-0.25, -0.2) is 4.39 Å². The van der Waals surface area contributed by atoms with Crippen LogP contribution >= 0.6 is 39.0 Å². The maximum atomic E-state index is 12.9. The largest absolute Gasteiger partial charge is 0.298 e. The molecule has 94 valence electrons.